The average molecular weight is 289 g/mol. The minimum absolute atomic E-state index is 0.242. The van der Waals surface area contributed by atoms with Crippen LogP contribution in [0.1, 0.15) is 0 Å². The van der Waals surface area contributed by atoms with Crippen LogP contribution in [-0.2, 0) is 14.9 Å². The van der Waals surface area contributed by atoms with Crippen LogP contribution in [0.15, 0.2) is 24.3 Å². The highest BCUT2D eigenvalue weighted by molar-refractivity contribution is 7.91. The van der Waals surface area contributed by atoms with Gasteiger partial charge in [-0.2, -0.15) is 8.42 Å². The molecule has 0 saturated heterocycles. The van der Waals surface area contributed by atoms with Gasteiger partial charge < -0.3 is 15.2 Å². The van der Waals surface area contributed by atoms with Gasteiger partial charge >= 0.3 is 16.3 Å². The van der Waals surface area contributed by atoms with E-state index in [1.807, 2.05) is 0 Å². The SMILES string of the molecule is COC(=O)NS(=O)(=O)Nc1cccc(OCCN)c1. The minimum Gasteiger partial charge on any atom is -0.492 e. The summed E-state index contributed by atoms with van der Waals surface area (Å²) < 4.78 is 36.3. The van der Waals surface area contributed by atoms with Gasteiger partial charge in [0.25, 0.3) is 0 Å². The zero-order valence-corrected chi connectivity index (χ0v) is 11.1. The summed E-state index contributed by atoms with van der Waals surface area (Å²) >= 11 is 0. The zero-order chi connectivity index (χ0) is 14.3. The molecular weight excluding hydrogens is 274 g/mol. The van der Waals surface area contributed by atoms with Crippen LogP contribution < -0.4 is 19.9 Å². The molecule has 106 valence electrons. The first-order chi connectivity index (χ1) is 8.96. The Hall–Kier alpha value is -2.00. The Morgan fingerprint density at radius 1 is 1.42 bits per heavy atom. The van der Waals surface area contributed by atoms with Crippen molar-refractivity contribution in [3.63, 3.8) is 0 Å². The molecule has 1 aromatic carbocycles. The second-order valence-electron chi connectivity index (χ2n) is 3.36. The van der Waals surface area contributed by atoms with E-state index in [1.54, 1.807) is 16.9 Å². The van der Waals surface area contributed by atoms with Crippen molar-refractivity contribution in [1.82, 2.24) is 4.72 Å². The molecule has 0 bridgehead atoms. The highest BCUT2D eigenvalue weighted by Crippen LogP contribution is 2.17. The number of carbonyl (C=O) groups excluding carboxylic acids is 1. The van der Waals surface area contributed by atoms with E-state index in [-0.39, 0.29) is 5.69 Å². The molecule has 0 fully saturated rings. The molecule has 0 heterocycles. The zero-order valence-electron chi connectivity index (χ0n) is 10.3. The standard InChI is InChI=1S/C10H15N3O5S/c1-17-10(14)13-19(15,16)12-8-3-2-4-9(7-8)18-6-5-11/h2-4,7,12H,5-6,11H2,1H3,(H,13,14). The van der Waals surface area contributed by atoms with E-state index in [2.05, 4.69) is 9.46 Å². The van der Waals surface area contributed by atoms with Gasteiger partial charge in [0.2, 0.25) is 0 Å². The predicted octanol–water partition coefficient (Wildman–Crippen LogP) is 0.0368. The second kappa shape index (κ2) is 6.81. The smallest absolute Gasteiger partial charge is 0.422 e. The number of nitrogens with one attached hydrogen (secondary N) is 2. The van der Waals surface area contributed by atoms with Crippen LogP contribution in [0.25, 0.3) is 0 Å². The van der Waals surface area contributed by atoms with Crippen LogP contribution >= 0.6 is 0 Å². The summed E-state index contributed by atoms with van der Waals surface area (Å²) in [5.74, 6) is 0.462. The third-order valence-corrected chi connectivity index (χ3v) is 2.82. The van der Waals surface area contributed by atoms with Gasteiger partial charge in [-0.25, -0.2) is 9.52 Å². The Bertz CT molecular complexity index is 532. The lowest BCUT2D eigenvalue weighted by Gasteiger charge is -2.10. The van der Waals surface area contributed by atoms with Gasteiger partial charge in [0.1, 0.15) is 12.4 Å². The van der Waals surface area contributed by atoms with Crippen molar-refractivity contribution in [3.8, 4) is 5.75 Å². The second-order valence-corrected chi connectivity index (χ2v) is 4.78. The average Bonchev–Trinajstić information content (AvgIpc) is 2.35. The summed E-state index contributed by atoms with van der Waals surface area (Å²) in [5, 5.41) is 0. The van der Waals surface area contributed by atoms with E-state index in [4.69, 9.17) is 10.5 Å². The number of benzene rings is 1. The summed E-state index contributed by atoms with van der Waals surface area (Å²) in [7, 11) is -2.98. The Kier molecular flexibility index (Phi) is 5.39. The lowest BCUT2D eigenvalue weighted by Crippen LogP contribution is -2.35. The van der Waals surface area contributed by atoms with Crippen molar-refractivity contribution >= 4 is 22.0 Å². The highest BCUT2D eigenvalue weighted by Gasteiger charge is 2.14. The van der Waals surface area contributed by atoms with E-state index in [0.717, 1.165) is 7.11 Å². The van der Waals surface area contributed by atoms with Crippen LogP contribution in [0.3, 0.4) is 0 Å². The molecule has 0 radical (unpaired) electrons. The number of hydrogen-bond donors (Lipinski definition) is 3. The molecule has 8 nitrogen and oxygen atoms in total. The molecule has 1 aromatic rings. The van der Waals surface area contributed by atoms with E-state index < -0.39 is 16.3 Å². The predicted molar refractivity (Wildman–Crippen MR) is 69.1 cm³/mol. The van der Waals surface area contributed by atoms with Crippen molar-refractivity contribution in [2.75, 3.05) is 25.0 Å². The Morgan fingerprint density at radius 2 is 2.16 bits per heavy atom. The quantitative estimate of drug-likeness (QED) is 0.680. The molecule has 0 aliphatic heterocycles. The summed E-state index contributed by atoms with van der Waals surface area (Å²) in [5.41, 5.74) is 5.53. The number of anilines is 1. The van der Waals surface area contributed by atoms with Crippen molar-refractivity contribution < 1.29 is 22.7 Å². The highest BCUT2D eigenvalue weighted by atomic mass is 32.2. The number of hydrogen-bond acceptors (Lipinski definition) is 6. The van der Waals surface area contributed by atoms with E-state index in [0.29, 0.717) is 18.9 Å². The number of ether oxygens (including phenoxy) is 2. The molecule has 4 N–H and O–H groups in total. The molecule has 0 atom stereocenters. The van der Waals surface area contributed by atoms with E-state index in [1.165, 1.54) is 12.1 Å². The van der Waals surface area contributed by atoms with Crippen LogP contribution in [0.2, 0.25) is 0 Å². The summed E-state index contributed by atoms with van der Waals surface area (Å²) in [6.45, 7) is 0.663. The van der Waals surface area contributed by atoms with Gasteiger partial charge in [0.05, 0.1) is 12.8 Å². The normalized spacial score (nSPS) is 10.6. The fraction of sp³-hybridized carbons (Fsp3) is 0.300. The molecule has 19 heavy (non-hydrogen) atoms. The number of amides is 1. The minimum atomic E-state index is -4.04. The van der Waals surface area contributed by atoms with Crippen molar-refractivity contribution in [2.24, 2.45) is 5.73 Å². The van der Waals surface area contributed by atoms with E-state index >= 15 is 0 Å². The molecule has 0 aliphatic rings. The first-order valence-electron chi connectivity index (χ1n) is 5.28. The number of nitrogens with two attached hydrogens (primary N) is 1. The molecule has 9 heteroatoms. The maximum absolute atomic E-state index is 11.5. The maximum atomic E-state index is 11.5. The van der Waals surface area contributed by atoms with Crippen LogP contribution in [0, 0.1) is 0 Å². The Labute approximate surface area is 111 Å². The van der Waals surface area contributed by atoms with Gasteiger partial charge in [0, 0.05) is 12.6 Å². The summed E-state index contributed by atoms with van der Waals surface area (Å²) in [6, 6.07) is 6.22. The molecule has 0 spiro atoms. The third-order valence-electron chi connectivity index (χ3n) is 1.88. The van der Waals surface area contributed by atoms with Gasteiger partial charge in [0.15, 0.2) is 0 Å². The topological polar surface area (TPSA) is 120 Å². The van der Waals surface area contributed by atoms with Crippen LogP contribution in [0.4, 0.5) is 10.5 Å². The van der Waals surface area contributed by atoms with E-state index in [9.17, 15) is 13.2 Å². The largest absolute Gasteiger partial charge is 0.492 e. The maximum Gasteiger partial charge on any atom is 0.422 e. The number of rotatable bonds is 6. The molecule has 0 unspecified atom stereocenters. The lowest BCUT2D eigenvalue weighted by molar-refractivity contribution is 0.177. The molecule has 0 aromatic heterocycles. The van der Waals surface area contributed by atoms with Gasteiger partial charge in [-0.3, -0.25) is 4.72 Å². The van der Waals surface area contributed by atoms with Gasteiger partial charge in [-0.05, 0) is 12.1 Å². The van der Waals surface area contributed by atoms with Gasteiger partial charge in [-0.15, -0.1) is 0 Å². The molecule has 1 rings (SSSR count). The Balaban J connectivity index is 2.73. The number of methoxy groups -OCH3 is 1. The first-order valence-corrected chi connectivity index (χ1v) is 6.76. The fourth-order valence-electron chi connectivity index (χ4n) is 1.16. The summed E-state index contributed by atoms with van der Waals surface area (Å²) in [6.07, 6.45) is -1.08. The molecule has 0 aliphatic carbocycles. The lowest BCUT2D eigenvalue weighted by atomic mass is 10.3. The van der Waals surface area contributed by atoms with Crippen molar-refractivity contribution in [2.45, 2.75) is 0 Å². The van der Waals surface area contributed by atoms with Crippen LogP contribution in [0.5, 0.6) is 5.75 Å². The van der Waals surface area contributed by atoms with Crippen LogP contribution in [-0.4, -0.2) is 34.8 Å². The van der Waals surface area contributed by atoms with Crippen molar-refractivity contribution in [1.29, 1.82) is 0 Å². The third kappa shape index (κ3) is 5.44. The molecule has 1 amide bonds. The van der Waals surface area contributed by atoms with Crippen molar-refractivity contribution in [3.05, 3.63) is 24.3 Å². The fourth-order valence-corrected chi connectivity index (χ4v) is 1.95. The number of carbonyl (C=O) groups is 1. The monoisotopic (exact) mass is 289 g/mol. The Morgan fingerprint density at radius 3 is 2.79 bits per heavy atom. The summed E-state index contributed by atoms with van der Waals surface area (Å²) in [4.78, 5) is 10.8. The first kappa shape index (κ1) is 15.1. The molecule has 0 saturated carbocycles. The van der Waals surface area contributed by atoms with Gasteiger partial charge in [-0.1, -0.05) is 6.07 Å². The molecular formula is C10H15N3O5S.